The van der Waals surface area contributed by atoms with Crippen LogP contribution in [0.3, 0.4) is 0 Å². The number of nitrogens with one attached hydrogen (secondary N) is 1. The average molecular weight is 332 g/mol. The van der Waals surface area contributed by atoms with Crippen molar-refractivity contribution in [3.8, 4) is 0 Å². The van der Waals surface area contributed by atoms with Gasteiger partial charge in [-0.05, 0) is 12.1 Å². The number of amides is 2. The minimum absolute atomic E-state index is 0.101. The quantitative estimate of drug-likeness (QED) is 0.837. The van der Waals surface area contributed by atoms with Crippen LogP contribution in [-0.4, -0.2) is 37.4 Å². The molecule has 0 bridgehead atoms. The minimum atomic E-state index is -1.04. The lowest BCUT2D eigenvalue weighted by atomic mass is 10.1. The van der Waals surface area contributed by atoms with Gasteiger partial charge in [0, 0.05) is 24.1 Å². The Bertz CT molecular complexity index is 494. The van der Waals surface area contributed by atoms with Gasteiger partial charge in [-0.15, -0.1) is 0 Å². The van der Waals surface area contributed by atoms with E-state index in [4.69, 9.17) is 5.73 Å². The summed E-state index contributed by atoms with van der Waals surface area (Å²) in [4.78, 5) is 24.2. The SMILES string of the molecule is CN(C)C(=O)CNC(C(N)=O)c1ccc(Br)cc1F. The number of nitrogens with zero attached hydrogens (tertiary/aromatic N) is 1. The maximum atomic E-state index is 13.8. The lowest BCUT2D eigenvalue weighted by molar-refractivity contribution is -0.128. The lowest BCUT2D eigenvalue weighted by Gasteiger charge is -2.18. The van der Waals surface area contributed by atoms with Crippen LogP contribution in [-0.2, 0) is 9.59 Å². The van der Waals surface area contributed by atoms with Gasteiger partial charge in [0.2, 0.25) is 11.8 Å². The Kier molecular flexibility index (Phi) is 5.44. The largest absolute Gasteiger partial charge is 0.368 e. The molecule has 1 unspecified atom stereocenters. The molecule has 0 fully saturated rings. The summed E-state index contributed by atoms with van der Waals surface area (Å²) in [7, 11) is 3.17. The average Bonchev–Trinajstić information content (AvgIpc) is 2.30. The second-order valence-corrected chi connectivity index (χ2v) is 5.09. The number of halogens is 2. The summed E-state index contributed by atoms with van der Waals surface area (Å²) in [6.07, 6.45) is 0. The van der Waals surface area contributed by atoms with Crippen LogP contribution in [0.15, 0.2) is 22.7 Å². The van der Waals surface area contributed by atoms with Crippen LogP contribution in [0.25, 0.3) is 0 Å². The first-order valence-electron chi connectivity index (χ1n) is 5.50. The molecule has 104 valence electrons. The molecular formula is C12H15BrFN3O2. The number of likely N-dealkylation sites (N-methyl/N-ethyl adjacent to an activating group) is 1. The fourth-order valence-corrected chi connectivity index (χ4v) is 1.78. The van der Waals surface area contributed by atoms with E-state index in [2.05, 4.69) is 21.2 Å². The van der Waals surface area contributed by atoms with Crippen LogP contribution >= 0.6 is 15.9 Å². The first kappa shape index (κ1) is 15.6. The summed E-state index contributed by atoms with van der Waals surface area (Å²) in [5.41, 5.74) is 5.35. The third-order valence-electron chi connectivity index (χ3n) is 2.51. The predicted octanol–water partition coefficient (Wildman–Crippen LogP) is 0.792. The van der Waals surface area contributed by atoms with Gasteiger partial charge >= 0.3 is 0 Å². The van der Waals surface area contributed by atoms with E-state index in [1.807, 2.05) is 0 Å². The Hall–Kier alpha value is -1.47. The second kappa shape index (κ2) is 6.63. The molecule has 1 aromatic carbocycles. The monoisotopic (exact) mass is 331 g/mol. The molecule has 7 heteroatoms. The molecule has 0 aliphatic rings. The van der Waals surface area contributed by atoms with Gasteiger partial charge in [0.1, 0.15) is 11.9 Å². The van der Waals surface area contributed by atoms with Gasteiger partial charge < -0.3 is 10.6 Å². The molecule has 0 saturated carbocycles. The topological polar surface area (TPSA) is 75.4 Å². The fourth-order valence-electron chi connectivity index (χ4n) is 1.45. The van der Waals surface area contributed by atoms with Crippen molar-refractivity contribution in [2.24, 2.45) is 5.73 Å². The fraction of sp³-hybridized carbons (Fsp3) is 0.333. The maximum absolute atomic E-state index is 13.8. The number of primary amides is 1. The summed E-state index contributed by atoms with van der Waals surface area (Å²) in [5, 5.41) is 2.66. The number of hydrogen-bond acceptors (Lipinski definition) is 3. The summed E-state index contributed by atoms with van der Waals surface area (Å²) in [5.74, 6) is -1.54. The van der Waals surface area contributed by atoms with E-state index in [9.17, 15) is 14.0 Å². The van der Waals surface area contributed by atoms with Crippen molar-refractivity contribution in [1.82, 2.24) is 10.2 Å². The minimum Gasteiger partial charge on any atom is -0.368 e. The molecule has 0 spiro atoms. The molecule has 1 atom stereocenters. The van der Waals surface area contributed by atoms with Crippen LogP contribution < -0.4 is 11.1 Å². The molecule has 0 aliphatic carbocycles. The van der Waals surface area contributed by atoms with E-state index >= 15 is 0 Å². The van der Waals surface area contributed by atoms with E-state index in [0.717, 1.165) is 0 Å². The third-order valence-corrected chi connectivity index (χ3v) is 3.01. The van der Waals surface area contributed by atoms with E-state index in [1.165, 1.54) is 17.0 Å². The summed E-state index contributed by atoms with van der Waals surface area (Å²) in [6.45, 7) is -0.101. The summed E-state index contributed by atoms with van der Waals surface area (Å²) >= 11 is 3.13. The van der Waals surface area contributed by atoms with Gasteiger partial charge in [0.15, 0.2) is 0 Å². The van der Waals surface area contributed by atoms with Gasteiger partial charge in [0.05, 0.1) is 6.54 Å². The van der Waals surface area contributed by atoms with Crippen LogP contribution in [0, 0.1) is 5.82 Å². The van der Waals surface area contributed by atoms with Crippen LogP contribution in [0.4, 0.5) is 4.39 Å². The number of carbonyl (C=O) groups excluding carboxylic acids is 2. The second-order valence-electron chi connectivity index (χ2n) is 4.17. The zero-order valence-corrected chi connectivity index (χ0v) is 12.2. The number of carbonyl (C=O) groups is 2. The number of rotatable bonds is 5. The van der Waals surface area contributed by atoms with Crippen molar-refractivity contribution >= 4 is 27.7 Å². The Balaban J connectivity index is 2.89. The molecule has 19 heavy (non-hydrogen) atoms. The summed E-state index contributed by atoms with van der Waals surface area (Å²) < 4.78 is 14.3. The van der Waals surface area contributed by atoms with E-state index < -0.39 is 17.8 Å². The molecule has 0 aliphatic heterocycles. The van der Waals surface area contributed by atoms with Crippen molar-refractivity contribution in [2.45, 2.75) is 6.04 Å². The zero-order valence-electron chi connectivity index (χ0n) is 10.6. The molecule has 0 heterocycles. The standard InChI is InChI=1S/C12H15BrFN3O2/c1-17(2)10(18)6-16-11(12(15)19)8-4-3-7(13)5-9(8)14/h3-5,11,16H,6H2,1-2H3,(H2,15,19). The third kappa shape index (κ3) is 4.29. The highest BCUT2D eigenvalue weighted by Gasteiger charge is 2.22. The van der Waals surface area contributed by atoms with Crippen molar-refractivity contribution in [3.63, 3.8) is 0 Å². The van der Waals surface area contributed by atoms with E-state index in [0.29, 0.717) is 4.47 Å². The zero-order chi connectivity index (χ0) is 14.6. The summed E-state index contributed by atoms with van der Waals surface area (Å²) in [6, 6.07) is 3.24. The van der Waals surface area contributed by atoms with Crippen molar-refractivity contribution in [3.05, 3.63) is 34.1 Å². The van der Waals surface area contributed by atoms with Gasteiger partial charge in [-0.25, -0.2) is 4.39 Å². The number of hydrogen-bond donors (Lipinski definition) is 2. The molecule has 0 radical (unpaired) electrons. The van der Waals surface area contributed by atoms with Gasteiger partial charge in [-0.3, -0.25) is 14.9 Å². The van der Waals surface area contributed by atoms with Crippen molar-refractivity contribution in [1.29, 1.82) is 0 Å². The predicted molar refractivity (Wildman–Crippen MR) is 72.7 cm³/mol. The number of nitrogens with two attached hydrogens (primary N) is 1. The normalized spacial score (nSPS) is 12.0. The first-order valence-corrected chi connectivity index (χ1v) is 6.30. The Morgan fingerprint density at radius 2 is 2.11 bits per heavy atom. The van der Waals surface area contributed by atoms with Gasteiger partial charge in [-0.2, -0.15) is 0 Å². The molecule has 0 aromatic heterocycles. The lowest BCUT2D eigenvalue weighted by Crippen LogP contribution is -2.40. The Morgan fingerprint density at radius 1 is 1.47 bits per heavy atom. The van der Waals surface area contributed by atoms with Crippen LogP contribution in [0.5, 0.6) is 0 Å². The van der Waals surface area contributed by atoms with E-state index in [1.54, 1.807) is 20.2 Å². The first-order chi connectivity index (χ1) is 8.82. The highest BCUT2D eigenvalue weighted by atomic mass is 79.9. The van der Waals surface area contributed by atoms with Gasteiger partial charge in [-0.1, -0.05) is 22.0 Å². The van der Waals surface area contributed by atoms with Crippen molar-refractivity contribution < 1.29 is 14.0 Å². The molecule has 1 aromatic rings. The molecular weight excluding hydrogens is 317 g/mol. The number of benzene rings is 1. The maximum Gasteiger partial charge on any atom is 0.239 e. The molecule has 0 saturated heterocycles. The molecule has 1 rings (SSSR count). The Labute approximate surface area is 119 Å². The molecule has 3 N–H and O–H groups in total. The molecule has 2 amide bonds. The van der Waals surface area contributed by atoms with Crippen LogP contribution in [0.2, 0.25) is 0 Å². The Morgan fingerprint density at radius 3 is 2.58 bits per heavy atom. The smallest absolute Gasteiger partial charge is 0.239 e. The van der Waals surface area contributed by atoms with Crippen molar-refractivity contribution in [2.75, 3.05) is 20.6 Å². The van der Waals surface area contributed by atoms with E-state index in [-0.39, 0.29) is 18.0 Å². The van der Waals surface area contributed by atoms with Gasteiger partial charge in [0.25, 0.3) is 0 Å². The molecule has 5 nitrogen and oxygen atoms in total. The van der Waals surface area contributed by atoms with Crippen LogP contribution in [0.1, 0.15) is 11.6 Å². The highest BCUT2D eigenvalue weighted by molar-refractivity contribution is 9.10. The highest BCUT2D eigenvalue weighted by Crippen LogP contribution is 2.21.